The molecule has 1 unspecified atom stereocenters. The lowest BCUT2D eigenvalue weighted by molar-refractivity contribution is -0.128. The molecule has 0 aliphatic rings. The second-order valence-corrected chi connectivity index (χ2v) is 9.27. The topological polar surface area (TPSA) is 98.3 Å². The number of hydrogen-bond acceptors (Lipinski definition) is 6. The SMILES string of the molecule is C=CCc1cc(C=NNC(=O)C(C)NC(=O)Cc2ccc(OC)cc2)cc(OCC)c1OCc1ccccc1Cl. The third kappa shape index (κ3) is 8.88. The van der Waals surface area contributed by atoms with Crippen molar-refractivity contribution in [3.63, 3.8) is 0 Å². The average molecular weight is 564 g/mol. The van der Waals surface area contributed by atoms with E-state index in [0.29, 0.717) is 40.9 Å². The molecule has 40 heavy (non-hydrogen) atoms. The summed E-state index contributed by atoms with van der Waals surface area (Å²) in [5.41, 5.74) is 5.69. The Kier molecular flexibility index (Phi) is 11.6. The zero-order chi connectivity index (χ0) is 28.9. The second kappa shape index (κ2) is 15.3. The van der Waals surface area contributed by atoms with Crippen molar-refractivity contribution in [2.24, 2.45) is 5.10 Å². The van der Waals surface area contributed by atoms with Gasteiger partial charge in [-0.2, -0.15) is 5.10 Å². The van der Waals surface area contributed by atoms with Crippen molar-refractivity contribution in [1.82, 2.24) is 10.7 Å². The van der Waals surface area contributed by atoms with Gasteiger partial charge in [0.2, 0.25) is 5.91 Å². The Labute approximate surface area is 240 Å². The Morgan fingerprint density at radius 3 is 2.50 bits per heavy atom. The van der Waals surface area contributed by atoms with E-state index >= 15 is 0 Å². The van der Waals surface area contributed by atoms with Gasteiger partial charge in [-0.05, 0) is 61.7 Å². The zero-order valence-electron chi connectivity index (χ0n) is 22.9. The molecule has 0 spiro atoms. The first-order valence-corrected chi connectivity index (χ1v) is 13.2. The minimum absolute atomic E-state index is 0.141. The highest BCUT2D eigenvalue weighted by Gasteiger charge is 2.16. The zero-order valence-corrected chi connectivity index (χ0v) is 23.7. The first kappa shape index (κ1) is 30.2. The molecule has 0 saturated heterocycles. The molecule has 2 amide bonds. The van der Waals surface area contributed by atoms with Crippen LogP contribution in [0.3, 0.4) is 0 Å². The number of ether oxygens (including phenoxy) is 3. The van der Waals surface area contributed by atoms with E-state index in [1.165, 1.54) is 6.21 Å². The number of allylic oxidation sites excluding steroid dienone is 1. The summed E-state index contributed by atoms with van der Waals surface area (Å²) in [5.74, 6) is 1.12. The molecule has 9 heteroatoms. The molecule has 0 bridgehead atoms. The Morgan fingerprint density at radius 1 is 1.07 bits per heavy atom. The molecule has 0 heterocycles. The van der Waals surface area contributed by atoms with Crippen LogP contribution < -0.4 is 25.0 Å². The van der Waals surface area contributed by atoms with Crippen molar-refractivity contribution in [2.75, 3.05) is 13.7 Å². The molecule has 0 saturated carbocycles. The van der Waals surface area contributed by atoms with Gasteiger partial charge in [0.25, 0.3) is 5.91 Å². The van der Waals surface area contributed by atoms with Crippen molar-refractivity contribution < 1.29 is 23.8 Å². The van der Waals surface area contributed by atoms with Crippen LogP contribution in [0.15, 0.2) is 78.4 Å². The van der Waals surface area contributed by atoms with Crippen molar-refractivity contribution in [3.8, 4) is 17.2 Å². The Hall–Kier alpha value is -4.30. The lowest BCUT2D eigenvalue weighted by Gasteiger charge is -2.17. The number of halogens is 1. The maximum absolute atomic E-state index is 12.5. The van der Waals surface area contributed by atoms with Gasteiger partial charge in [-0.15, -0.1) is 6.58 Å². The van der Waals surface area contributed by atoms with Crippen LogP contribution in [0.4, 0.5) is 0 Å². The van der Waals surface area contributed by atoms with E-state index in [2.05, 4.69) is 22.4 Å². The fraction of sp³-hybridized carbons (Fsp3) is 0.258. The van der Waals surface area contributed by atoms with E-state index in [0.717, 1.165) is 16.7 Å². The van der Waals surface area contributed by atoms with Gasteiger partial charge >= 0.3 is 0 Å². The van der Waals surface area contributed by atoms with Gasteiger partial charge in [0, 0.05) is 16.1 Å². The molecule has 1 atom stereocenters. The number of hydrogen-bond donors (Lipinski definition) is 2. The Balaban J connectivity index is 1.64. The van der Waals surface area contributed by atoms with E-state index in [-0.39, 0.29) is 18.9 Å². The molecule has 3 aromatic rings. The molecule has 0 aliphatic carbocycles. The Bertz CT molecular complexity index is 1340. The van der Waals surface area contributed by atoms with Gasteiger partial charge in [0.05, 0.1) is 26.4 Å². The average Bonchev–Trinajstić information content (AvgIpc) is 2.94. The molecule has 0 radical (unpaired) electrons. The second-order valence-electron chi connectivity index (χ2n) is 8.86. The van der Waals surface area contributed by atoms with Crippen LogP contribution in [0.25, 0.3) is 0 Å². The van der Waals surface area contributed by atoms with Gasteiger partial charge in [0.1, 0.15) is 18.4 Å². The van der Waals surface area contributed by atoms with E-state index < -0.39 is 11.9 Å². The number of benzene rings is 3. The van der Waals surface area contributed by atoms with Gasteiger partial charge < -0.3 is 19.5 Å². The van der Waals surface area contributed by atoms with Gasteiger partial charge in [0.15, 0.2) is 11.5 Å². The minimum Gasteiger partial charge on any atom is -0.497 e. The van der Waals surface area contributed by atoms with Crippen molar-refractivity contribution in [2.45, 2.75) is 39.3 Å². The predicted molar refractivity (Wildman–Crippen MR) is 157 cm³/mol. The van der Waals surface area contributed by atoms with Gasteiger partial charge in [-0.25, -0.2) is 5.43 Å². The largest absolute Gasteiger partial charge is 0.497 e. The summed E-state index contributed by atoms with van der Waals surface area (Å²) >= 11 is 6.29. The highest BCUT2D eigenvalue weighted by atomic mass is 35.5. The fourth-order valence-corrected chi connectivity index (χ4v) is 4.00. The van der Waals surface area contributed by atoms with E-state index in [1.54, 1.807) is 50.4 Å². The number of rotatable bonds is 14. The molecular weight excluding hydrogens is 530 g/mol. The highest BCUT2D eigenvalue weighted by molar-refractivity contribution is 6.31. The Morgan fingerprint density at radius 2 is 1.82 bits per heavy atom. The van der Waals surface area contributed by atoms with Crippen molar-refractivity contribution >= 4 is 29.6 Å². The maximum Gasteiger partial charge on any atom is 0.262 e. The third-order valence-electron chi connectivity index (χ3n) is 5.83. The summed E-state index contributed by atoms with van der Waals surface area (Å²) in [7, 11) is 1.58. The number of amides is 2. The van der Waals surface area contributed by atoms with Crippen LogP contribution in [-0.2, 0) is 29.0 Å². The highest BCUT2D eigenvalue weighted by Crippen LogP contribution is 2.34. The summed E-state index contributed by atoms with van der Waals surface area (Å²) in [5, 5.41) is 7.39. The number of nitrogens with zero attached hydrogens (tertiary/aromatic N) is 1. The minimum atomic E-state index is -0.779. The summed E-state index contributed by atoms with van der Waals surface area (Å²) in [4.78, 5) is 24.9. The normalized spacial score (nSPS) is 11.5. The molecule has 2 N–H and O–H groups in total. The molecule has 3 aromatic carbocycles. The summed E-state index contributed by atoms with van der Waals surface area (Å²) in [6.07, 6.45) is 3.95. The van der Waals surface area contributed by atoms with E-state index in [9.17, 15) is 9.59 Å². The van der Waals surface area contributed by atoms with E-state index in [1.807, 2.05) is 37.3 Å². The van der Waals surface area contributed by atoms with Crippen LogP contribution in [0, 0.1) is 0 Å². The monoisotopic (exact) mass is 563 g/mol. The molecule has 0 aromatic heterocycles. The lowest BCUT2D eigenvalue weighted by Crippen LogP contribution is -2.43. The van der Waals surface area contributed by atoms with Gasteiger partial charge in [-0.1, -0.05) is 48.0 Å². The van der Waals surface area contributed by atoms with Crippen molar-refractivity contribution in [1.29, 1.82) is 0 Å². The predicted octanol–water partition coefficient (Wildman–Crippen LogP) is 5.25. The first-order valence-electron chi connectivity index (χ1n) is 12.9. The fourth-order valence-electron chi connectivity index (χ4n) is 3.81. The number of hydrazone groups is 1. The summed E-state index contributed by atoms with van der Waals surface area (Å²) < 4.78 is 17.1. The van der Waals surface area contributed by atoms with Crippen LogP contribution >= 0.6 is 11.6 Å². The molecule has 210 valence electrons. The first-order chi connectivity index (χ1) is 19.3. The number of carbonyl (C=O) groups excluding carboxylic acids is 2. The van der Waals surface area contributed by atoms with E-state index in [4.69, 9.17) is 25.8 Å². The number of carbonyl (C=O) groups is 2. The van der Waals surface area contributed by atoms with Crippen LogP contribution in [0.1, 0.15) is 36.1 Å². The number of nitrogens with one attached hydrogen (secondary N) is 2. The van der Waals surface area contributed by atoms with Crippen LogP contribution in [0.2, 0.25) is 5.02 Å². The standard InChI is InChI=1S/C31H34ClN3O5/c1-5-9-24-16-23(17-28(39-6-2)30(24)40-20-25-10-7-8-11-27(25)32)19-33-35-31(37)21(3)34-29(36)18-22-12-14-26(38-4)15-13-22/h5,7-8,10-17,19,21H,1,6,9,18,20H2,2-4H3,(H,34,36)(H,35,37). The maximum atomic E-state index is 12.5. The molecule has 8 nitrogen and oxygen atoms in total. The molecule has 0 fully saturated rings. The quantitative estimate of drug-likeness (QED) is 0.158. The van der Waals surface area contributed by atoms with Gasteiger partial charge in [-0.3, -0.25) is 9.59 Å². The number of methoxy groups -OCH3 is 1. The third-order valence-corrected chi connectivity index (χ3v) is 6.20. The summed E-state index contributed by atoms with van der Waals surface area (Å²) in [6.45, 7) is 8.03. The van der Waals surface area contributed by atoms with Crippen LogP contribution in [0.5, 0.6) is 17.2 Å². The smallest absolute Gasteiger partial charge is 0.262 e. The molecular formula is C31H34ClN3O5. The molecule has 3 rings (SSSR count). The molecule has 0 aliphatic heterocycles. The lowest BCUT2D eigenvalue weighted by atomic mass is 10.1. The van der Waals surface area contributed by atoms with Crippen LogP contribution in [-0.4, -0.2) is 37.8 Å². The van der Waals surface area contributed by atoms with Crippen molar-refractivity contribution in [3.05, 3.63) is 101 Å². The summed E-state index contributed by atoms with van der Waals surface area (Å²) in [6, 6.07) is 17.6.